The molecule has 3 aromatic carbocycles. The average molecular weight is 383 g/mol. The minimum atomic E-state index is -0.332. The normalized spacial score (nSPS) is 11.0. The number of nitrogens with two attached hydrogens (primary N) is 1. The molecule has 0 atom stereocenters. The van der Waals surface area contributed by atoms with Gasteiger partial charge in [-0.1, -0.05) is 48.5 Å². The predicted molar refractivity (Wildman–Crippen MR) is 116 cm³/mol. The summed E-state index contributed by atoms with van der Waals surface area (Å²) in [5, 5.41) is 0.910. The first-order chi connectivity index (χ1) is 13.9. The quantitative estimate of drug-likeness (QED) is 0.301. The van der Waals surface area contributed by atoms with E-state index in [9.17, 15) is 9.59 Å². The molecule has 0 aliphatic carbocycles. The number of rotatable bonds is 4. The second kappa shape index (κ2) is 7.40. The second-order valence-electron chi connectivity index (χ2n) is 7.26. The summed E-state index contributed by atoms with van der Waals surface area (Å²) in [5.74, 6) is 0.0318. The van der Waals surface area contributed by atoms with Crippen LogP contribution in [-0.2, 0) is 6.42 Å². The predicted octanol–water partition coefficient (Wildman–Crippen LogP) is 5.14. The number of anilines is 1. The molecule has 0 fully saturated rings. The van der Waals surface area contributed by atoms with Crippen molar-refractivity contribution in [2.45, 2.75) is 20.3 Å². The largest absolute Gasteiger partial charge is 0.422 e. The molecule has 29 heavy (non-hydrogen) atoms. The van der Waals surface area contributed by atoms with Crippen LogP contribution in [0, 0.1) is 6.92 Å². The van der Waals surface area contributed by atoms with Crippen molar-refractivity contribution in [1.82, 2.24) is 0 Å². The molecular formula is C25H21NO3. The summed E-state index contributed by atoms with van der Waals surface area (Å²) >= 11 is 0. The van der Waals surface area contributed by atoms with Gasteiger partial charge in [-0.05, 0) is 54.3 Å². The molecule has 0 amide bonds. The van der Waals surface area contributed by atoms with Crippen molar-refractivity contribution in [3.63, 3.8) is 0 Å². The maximum Gasteiger partial charge on any atom is 0.340 e. The molecule has 4 nitrogen and oxygen atoms in total. The van der Waals surface area contributed by atoms with Crippen molar-refractivity contribution in [3.05, 3.63) is 99.4 Å². The number of Topliss-reactive ketones (excluding diaryl/α,β-unsaturated/α-hetero) is 1. The fourth-order valence-corrected chi connectivity index (χ4v) is 3.58. The van der Waals surface area contributed by atoms with E-state index in [0.29, 0.717) is 28.8 Å². The number of nitrogen functional groups attached to an aromatic ring is 1. The van der Waals surface area contributed by atoms with Crippen LogP contribution in [0.1, 0.15) is 34.0 Å². The molecule has 4 rings (SSSR count). The molecule has 1 aromatic heterocycles. The van der Waals surface area contributed by atoms with Gasteiger partial charge in [-0.3, -0.25) is 4.79 Å². The minimum Gasteiger partial charge on any atom is -0.422 e. The summed E-state index contributed by atoms with van der Waals surface area (Å²) in [4.78, 5) is 24.1. The highest BCUT2D eigenvalue weighted by Gasteiger charge is 2.13. The Morgan fingerprint density at radius 3 is 2.38 bits per heavy atom. The van der Waals surface area contributed by atoms with Gasteiger partial charge in [0.05, 0.1) is 0 Å². The average Bonchev–Trinajstić information content (AvgIpc) is 2.71. The third-order valence-electron chi connectivity index (χ3n) is 5.24. The van der Waals surface area contributed by atoms with E-state index in [0.717, 1.165) is 27.6 Å². The van der Waals surface area contributed by atoms with Crippen LogP contribution in [0.25, 0.3) is 22.1 Å². The van der Waals surface area contributed by atoms with Crippen molar-refractivity contribution in [3.8, 4) is 11.1 Å². The van der Waals surface area contributed by atoms with Crippen LogP contribution in [0.4, 0.5) is 5.69 Å². The van der Waals surface area contributed by atoms with Crippen molar-refractivity contribution in [2.75, 3.05) is 5.73 Å². The Morgan fingerprint density at radius 2 is 1.69 bits per heavy atom. The highest BCUT2D eigenvalue weighted by Crippen LogP contribution is 2.27. The number of aryl methyl sites for hydroxylation is 1. The van der Waals surface area contributed by atoms with E-state index in [1.807, 2.05) is 61.5 Å². The van der Waals surface area contributed by atoms with Gasteiger partial charge in [0.2, 0.25) is 0 Å². The molecule has 0 saturated carbocycles. The van der Waals surface area contributed by atoms with E-state index in [4.69, 9.17) is 10.2 Å². The Hall–Kier alpha value is -3.66. The molecule has 0 saturated heterocycles. The minimum absolute atomic E-state index is 0.0318. The molecule has 0 aliphatic rings. The maximum atomic E-state index is 12.7. The molecule has 144 valence electrons. The van der Waals surface area contributed by atoms with Gasteiger partial charge in [0, 0.05) is 28.6 Å². The zero-order chi connectivity index (χ0) is 20.5. The lowest BCUT2D eigenvalue weighted by molar-refractivity contribution is 0.101. The molecular weight excluding hydrogens is 362 g/mol. The monoisotopic (exact) mass is 383 g/mol. The van der Waals surface area contributed by atoms with Crippen LogP contribution in [0.3, 0.4) is 0 Å². The molecule has 0 aliphatic heterocycles. The fourth-order valence-electron chi connectivity index (χ4n) is 3.58. The molecule has 2 N–H and O–H groups in total. The van der Waals surface area contributed by atoms with Gasteiger partial charge in [0.25, 0.3) is 0 Å². The van der Waals surface area contributed by atoms with Crippen LogP contribution in [0.5, 0.6) is 0 Å². The Kier molecular flexibility index (Phi) is 4.77. The van der Waals surface area contributed by atoms with Gasteiger partial charge in [0.15, 0.2) is 5.78 Å². The van der Waals surface area contributed by atoms with Gasteiger partial charge in [-0.15, -0.1) is 0 Å². The van der Waals surface area contributed by atoms with Crippen molar-refractivity contribution in [1.29, 1.82) is 0 Å². The Morgan fingerprint density at radius 1 is 0.966 bits per heavy atom. The SMILES string of the molecule is CC(=O)c1ccc(-c2ccc3c(C)c(Cc4cccc(N)c4)c(=O)oc3c2)cc1. The van der Waals surface area contributed by atoms with Gasteiger partial charge >= 0.3 is 5.63 Å². The number of hydrogen-bond acceptors (Lipinski definition) is 4. The molecule has 0 radical (unpaired) electrons. The third kappa shape index (κ3) is 3.69. The van der Waals surface area contributed by atoms with Gasteiger partial charge < -0.3 is 10.2 Å². The van der Waals surface area contributed by atoms with Crippen LogP contribution >= 0.6 is 0 Å². The lowest BCUT2D eigenvalue weighted by atomic mass is 9.97. The van der Waals surface area contributed by atoms with Gasteiger partial charge in [-0.25, -0.2) is 4.79 Å². The summed E-state index contributed by atoms with van der Waals surface area (Å²) in [6.45, 7) is 3.49. The van der Waals surface area contributed by atoms with Crippen molar-refractivity contribution < 1.29 is 9.21 Å². The molecule has 0 unspecified atom stereocenters. The fraction of sp³-hybridized carbons (Fsp3) is 0.120. The highest BCUT2D eigenvalue weighted by atomic mass is 16.4. The number of fused-ring (bicyclic) bond motifs is 1. The first-order valence-electron chi connectivity index (χ1n) is 9.44. The second-order valence-corrected chi connectivity index (χ2v) is 7.26. The summed E-state index contributed by atoms with van der Waals surface area (Å²) in [5.41, 5.74) is 11.8. The lowest BCUT2D eigenvalue weighted by Crippen LogP contribution is -2.11. The Balaban J connectivity index is 1.75. The van der Waals surface area contributed by atoms with E-state index in [1.54, 1.807) is 19.1 Å². The number of hydrogen-bond donors (Lipinski definition) is 1. The van der Waals surface area contributed by atoms with E-state index >= 15 is 0 Å². The van der Waals surface area contributed by atoms with Crippen molar-refractivity contribution >= 4 is 22.4 Å². The van der Waals surface area contributed by atoms with Gasteiger partial charge in [0.1, 0.15) is 5.58 Å². The smallest absolute Gasteiger partial charge is 0.340 e. The summed E-state index contributed by atoms with van der Waals surface area (Å²) in [7, 11) is 0. The first kappa shape index (κ1) is 18.7. The maximum absolute atomic E-state index is 12.7. The topological polar surface area (TPSA) is 73.3 Å². The standard InChI is InChI=1S/C25H21NO3/c1-15-22-11-10-20(19-8-6-18(7-9-19)16(2)27)14-24(22)29-25(28)23(15)13-17-4-3-5-21(26)12-17/h3-12,14H,13,26H2,1-2H3. The van der Waals surface area contributed by atoms with E-state index in [1.165, 1.54) is 0 Å². The lowest BCUT2D eigenvalue weighted by Gasteiger charge is -2.10. The number of carbonyl (C=O) groups is 1. The van der Waals surface area contributed by atoms with Crippen molar-refractivity contribution in [2.24, 2.45) is 0 Å². The zero-order valence-electron chi connectivity index (χ0n) is 16.4. The summed E-state index contributed by atoms with van der Waals surface area (Å²) in [6.07, 6.45) is 0.476. The van der Waals surface area contributed by atoms with Gasteiger partial charge in [-0.2, -0.15) is 0 Å². The summed E-state index contributed by atoms with van der Waals surface area (Å²) < 4.78 is 5.66. The van der Waals surface area contributed by atoms with Crippen LogP contribution < -0.4 is 11.4 Å². The molecule has 0 spiro atoms. The van der Waals surface area contributed by atoms with E-state index in [2.05, 4.69) is 0 Å². The number of benzene rings is 3. The number of carbonyl (C=O) groups excluding carboxylic acids is 1. The molecule has 1 heterocycles. The Bertz CT molecular complexity index is 1280. The first-order valence-corrected chi connectivity index (χ1v) is 9.44. The van der Waals surface area contributed by atoms with Crippen LogP contribution in [-0.4, -0.2) is 5.78 Å². The van der Waals surface area contributed by atoms with E-state index in [-0.39, 0.29) is 11.4 Å². The third-order valence-corrected chi connectivity index (χ3v) is 5.24. The van der Waals surface area contributed by atoms with Crippen LogP contribution in [0.15, 0.2) is 75.9 Å². The molecule has 4 heteroatoms. The molecule has 4 aromatic rings. The zero-order valence-corrected chi connectivity index (χ0v) is 16.4. The summed E-state index contributed by atoms with van der Waals surface area (Å²) in [6, 6.07) is 20.8. The molecule has 0 bridgehead atoms. The number of ketones is 1. The van der Waals surface area contributed by atoms with Crippen LogP contribution in [0.2, 0.25) is 0 Å². The highest BCUT2D eigenvalue weighted by molar-refractivity contribution is 5.94. The Labute approximate surface area is 168 Å². The van der Waals surface area contributed by atoms with E-state index < -0.39 is 0 Å².